The largest absolute Gasteiger partial charge is 0.454 e. The molecule has 236 valence electrons. The highest BCUT2D eigenvalue weighted by atomic mass is 16.7. The van der Waals surface area contributed by atoms with Crippen LogP contribution in [0.5, 0.6) is 11.5 Å². The van der Waals surface area contributed by atoms with Crippen LogP contribution in [-0.2, 0) is 13.1 Å². The van der Waals surface area contributed by atoms with Crippen LogP contribution in [0.2, 0.25) is 0 Å². The summed E-state index contributed by atoms with van der Waals surface area (Å²) in [6.45, 7) is 3.89. The van der Waals surface area contributed by atoms with Crippen LogP contribution in [0.25, 0.3) is 11.2 Å². The molecule has 46 heavy (non-hydrogen) atoms. The number of nitrogens with zero attached hydrogens (tertiary/aromatic N) is 7. The van der Waals surface area contributed by atoms with E-state index in [0.29, 0.717) is 60.6 Å². The highest BCUT2D eigenvalue weighted by Gasteiger charge is 2.19. The molecule has 3 aromatic carbocycles. The first-order valence-electron chi connectivity index (χ1n) is 14.6. The number of aromatic nitrogens is 4. The second-order valence-corrected chi connectivity index (χ2v) is 11.0. The number of hydrogen-bond acceptors (Lipinski definition) is 10. The van der Waals surface area contributed by atoms with E-state index in [1.165, 1.54) is 12.1 Å². The number of imidazole rings is 1. The van der Waals surface area contributed by atoms with Crippen molar-refractivity contribution in [2.75, 3.05) is 49.5 Å². The minimum atomic E-state index is -0.423. The topological polar surface area (TPSA) is 153 Å². The Labute approximate surface area is 264 Å². The Bertz CT molecular complexity index is 1890. The van der Waals surface area contributed by atoms with Crippen molar-refractivity contribution in [2.45, 2.75) is 20.0 Å². The number of carbonyl (C=O) groups is 1. The van der Waals surface area contributed by atoms with Gasteiger partial charge >= 0.3 is 6.03 Å². The van der Waals surface area contributed by atoms with Gasteiger partial charge in [-0.05, 0) is 47.9 Å². The van der Waals surface area contributed by atoms with Gasteiger partial charge < -0.3 is 34.5 Å². The summed E-state index contributed by atoms with van der Waals surface area (Å²) in [5.74, 6) is 2.38. The van der Waals surface area contributed by atoms with E-state index in [1.54, 1.807) is 30.4 Å². The lowest BCUT2D eigenvalue weighted by atomic mass is 10.2. The maximum Gasteiger partial charge on any atom is 0.321 e. The summed E-state index contributed by atoms with van der Waals surface area (Å²) >= 11 is 0. The number of aryl methyl sites for hydroxylation is 1. The fraction of sp³-hybridized carbons (Fsp3) is 0.250. The molecule has 1 aliphatic rings. The smallest absolute Gasteiger partial charge is 0.321 e. The average molecular weight is 624 g/mol. The van der Waals surface area contributed by atoms with Gasteiger partial charge in [-0.15, -0.1) is 0 Å². The van der Waals surface area contributed by atoms with Crippen LogP contribution in [0.15, 0.2) is 73.1 Å². The lowest BCUT2D eigenvalue weighted by Crippen LogP contribution is -2.37. The van der Waals surface area contributed by atoms with E-state index in [-0.39, 0.29) is 18.5 Å². The zero-order valence-corrected chi connectivity index (χ0v) is 25.6. The van der Waals surface area contributed by atoms with E-state index < -0.39 is 4.92 Å². The molecule has 1 aliphatic heterocycles. The van der Waals surface area contributed by atoms with Crippen LogP contribution in [-0.4, -0.2) is 69.4 Å². The summed E-state index contributed by atoms with van der Waals surface area (Å²) < 4.78 is 12.8. The summed E-state index contributed by atoms with van der Waals surface area (Å²) in [4.78, 5) is 41.3. The summed E-state index contributed by atoms with van der Waals surface area (Å²) in [5, 5.41) is 17.4. The fourth-order valence-electron chi connectivity index (χ4n) is 4.94. The molecular formula is C32H33N9O5. The molecule has 0 aliphatic carbocycles. The van der Waals surface area contributed by atoms with Crippen LogP contribution < -0.4 is 25.0 Å². The van der Waals surface area contributed by atoms with Crippen molar-refractivity contribution in [1.29, 1.82) is 0 Å². The van der Waals surface area contributed by atoms with E-state index in [0.717, 1.165) is 22.4 Å². The molecule has 0 atom stereocenters. The molecule has 0 unspecified atom stereocenters. The van der Waals surface area contributed by atoms with Gasteiger partial charge in [0, 0.05) is 51.5 Å². The summed E-state index contributed by atoms with van der Waals surface area (Å²) in [5.41, 5.74) is 4.82. The Morgan fingerprint density at radius 3 is 2.57 bits per heavy atom. The lowest BCUT2D eigenvalue weighted by Gasteiger charge is -2.23. The predicted molar refractivity (Wildman–Crippen MR) is 174 cm³/mol. The van der Waals surface area contributed by atoms with E-state index >= 15 is 0 Å². The first kappa shape index (κ1) is 30.1. The van der Waals surface area contributed by atoms with Gasteiger partial charge in [0.25, 0.3) is 5.69 Å². The van der Waals surface area contributed by atoms with Crippen LogP contribution in [0.1, 0.15) is 16.7 Å². The second-order valence-electron chi connectivity index (χ2n) is 11.0. The molecular weight excluding hydrogens is 590 g/mol. The Morgan fingerprint density at radius 2 is 1.78 bits per heavy atom. The molecule has 0 bridgehead atoms. The van der Waals surface area contributed by atoms with Gasteiger partial charge in [-0.2, -0.15) is 9.97 Å². The number of benzene rings is 3. The molecule has 0 fully saturated rings. The molecule has 2 aromatic heterocycles. The highest BCUT2D eigenvalue weighted by Crippen LogP contribution is 2.33. The number of nitro groups is 1. The minimum Gasteiger partial charge on any atom is -0.454 e. The van der Waals surface area contributed by atoms with Crippen molar-refractivity contribution in [3.63, 3.8) is 0 Å². The number of fused-ring (bicyclic) bond motifs is 2. The maximum atomic E-state index is 12.8. The highest BCUT2D eigenvalue weighted by molar-refractivity contribution is 5.89. The Hall–Kier alpha value is -5.92. The number of hydrogen-bond donors (Lipinski definition) is 2. The van der Waals surface area contributed by atoms with Crippen LogP contribution in [0.4, 0.5) is 27.9 Å². The molecule has 5 aromatic rings. The number of urea groups is 1. The van der Waals surface area contributed by atoms with E-state index in [2.05, 4.69) is 15.6 Å². The number of ether oxygens (including phenoxy) is 2. The van der Waals surface area contributed by atoms with Gasteiger partial charge in [0.05, 0.1) is 17.8 Å². The lowest BCUT2D eigenvalue weighted by molar-refractivity contribution is -0.384. The standard InChI is InChI=1S/C32H33N9O5/c1-21-5-4-6-24(15-21)35-32(42)39(3)14-13-38(2)31-36-29(33-17-23-9-12-26-27(16-23)46-20-45-26)28-30(37-31)40(19-34-28)18-22-7-10-25(11-8-22)41(43)44/h4-12,15-16,19H,13-14,17-18,20H2,1-3H3,(H,35,42)(H,33,36,37). The molecule has 0 spiro atoms. The maximum absolute atomic E-state index is 12.8. The van der Waals surface area contributed by atoms with Gasteiger partial charge in [-0.25, -0.2) is 9.78 Å². The second kappa shape index (κ2) is 13.0. The van der Waals surface area contributed by atoms with E-state index in [1.807, 2.05) is 65.9 Å². The molecule has 14 heteroatoms. The normalized spacial score (nSPS) is 11.8. The van der Waals surface area contributed by atoms with Gasteiger partial charge in [-0.1, -0.05) is 30.3 Å². The number of likely N-dealkylation sites (N-methyl/N-ethyl adjacent to an activating group) is 2. The quantitative estimate of drug-likeness (QED) is 0.151. The van der Waals surface area contributed by atoms with Crippen molar-refractivity contribution < 1.29 is 19.2 Å². The zero-order chi connectivity index (χ0) is 32.2. The molecule has 3 heterocycles. The molecule has 14 nitrogen and oxygen atoms in total. The number of carbonyl (C=O) groups excluding carboxylic acids is 1. The first-order chi connectivity index (χ1) is 22.2. The molecule has 0 saturated heterocycles. The van der Waals surface area contributed by atoms with Crippen molar-refractivity contribution in [2.24, 2.45) is 0 Å². The Morgan fingerprint density at radius 1 is 1.00 bits per heavy atom. The molecule has 2 N–H and O–H groups in total. The van der Waals surface area contributed by atoms with Gasteiger partial charge in [-0.3, -0.25) is 10.1 Å². The van der Waals surface area contributed by atoms with Crippen molar-refractivity contribution in [3.05, 3.63) is 99.9 Å². The van der Waals surface area contributed by atoms with Crippen molar-refractivity contribution in [1.82, 2.24) is 24.4 Å². The van der Waals surface area contributed by atoms with E-state index in [9.17, 15) is 14.9 Å². The Kier molecular flexibility index (Phi) is 8.50. The number of nitro benzene ring substituents is 1. The third-order valence-corrected chi connectivity index (χ3v) is 7.58. The number of amides is 2. The van der Waals surface area contributed by atoms with Crippen LogP contribution >= 0.6 is 0 Å². The third-order valence-electron chi connectivity index (χ3n) is 7.58. The zero-order valence-electron chi connectivity index (χ0n) is 25.6. The Balaban J connectivity index is 1.22. The van der Waals surface area contributed by atoms with Gasteiger partial charge in [0.15, 0.2) is 28.5 Å². The van der Waals surface area contributed by atoms with Gasteiger partial charge in [0.1, 0.15) is 0 Å². The number of rotatable bonds is 11. The summed E-state index contributed by atoms with van der Waals surface area (Å²) in [6.07, 6.45) is 1.68. The number of non-ortho nitro benzene ring substituents is 1. The SMILES string of the molecule is Cc1cccc(NC(=O)N(C)CCN(C)c2nc(NCc3ccc4c(c3)OCO4)c3ncn(Cc4ccc([N+](=O)[O-])cc4)c3n2)c1. The molecule has 0 radical (unpaired) electrons. The number of nitrogens with one attached hydrogen (secondary N) is 2. The van der Waals surface area contributed by atoms with E-state index in [4.69, 9.17) is 19.4 Å². The average Bonchev–Trinajstić information content (AvgIpc) is 3.69. The van der Waals surface area contributed by atoms with Crippen LogP contribution in [0.3, 0.4) is 0 Å². The van der Waals surface area contributed by atoms with Crippen LogP contribution in [0, 0.1) is 17.0 Å². The van der Waals surface area contributed by atoms with Gasteiger partial charge in [0.2, 0.25) is 12.7 Å². The first-order valence-corrected chi connectivity index (χ1v) is 14.6. The fourth-order valence-corrected chi connectivity index (χ4v) is 4.94. The monoisotopic (exact) mass is 623 g/mol. The molecule has 0 saturated carbocycles. The minimum absolute atomic E-state index is 0.0259. The number of anilines is 3. The predicted octanol–water partition coefficient (Wildman–Crippen LogP) is 5.03. The summed E-state index contributed by atoms with van der Waals surface area (Å²) in [7, 11) is 3.60. The van der Waals surface area contributed by atoms with Crippen molar-refractivity contribution in [3.8, 4) is 11.5 Å². The molecule has 2 amide bonds. The summed E-state index contributed by atoms with van der Waals surface area (Å²) in [6, 6.07) is 19.6. The third kappa shape index (κ3) is 6.75. The van der Waals surface area contributed by atoms with Crippen molar-refractivity contribution >= 4 is 40.3 Å². The molecule has 6 rings (SSSR count).